The Morgan fingerprint density at radius 2 is 1.19 bits per heavy atom. The molecule has 0 amide bonds. The van der Waals surface area contributed by atoms with E-state index in [9.17, 15) is 0 Å². The van der Waals surface area contributed by atoms with Crippen LogP contribution in [-0.2, 0) is 0 Å². The maximum Gasteiger partial charge on any atom is 0.332 e. The van der Waals surface area contributed by atoms with Gasteiger partial charge in [-0.3, -0.25) is 0 Å². The standard InChI is InChI=1S/C46H26B3N3S/c47-29-20-17-28(18-21-29)43-35-13-5-7-15-38(35)50-46(51-43)52-44-40(33-11-3-4-12-34(33)41-36-14-6-8-16-39(36)53-45(41)44)37-26-19-27-9-1-2-10-32(27)42(37)49(52)31-24-22-30(48)23-25-31/h1-26H. The zero-order chi connectivity index (χ0) is 35.2. The molecule has 2 aromatic heterocycles. The Hall–Kier alpha value is -6.17. The summed E-state index contributed by atoms with van der Waals surface area (Å²) < 4.78 is 2.46. The van der Waals surface area contributed by atoms with Crippen LogP contribution in [0.25, 0.3) is 75.0 Å². The summed E-state index contributed by atoms with van der Waals surface area (Å²) in [7, 11) is 12.5. The largest absolute Gasteiger partial charge is 0.344 e. The van der Waals surface area contributed by atoms with Gasteiger partial charge in [-0.05, 0) is 44.7 Å². The Bertz CT molecular complexity index is 3100. The number of thiophene rings is 1. The summed E-state index contributed by atoms with van der Waals surface area (Å²) >= 11 is 1.84. The molecule has 0 N–H and O–H groups in total. The number of benzene rings is 8. The van der Waals surface area contributed by atoms with Crippen LogP contribution < -0.4 is 26.7 Å². The number of aromatic nitrogens is 2. The predicted octanol–water partition coefficient (Wildman–Crippen LogP) is 8.48. The predicted molar refractivity (Wildman–Crippen MR) is 229 cm³/mol. The lowest BCUT2D eigenvalue weighted by atomic mass is 9.45. The van der Waals surface area contributed by atoms with Crippen molar-refractivity contribution >= 4 is 120 Å². The van der Waals surface area contributed by atoms with Crippen LogP contribution in [0.1, 0.15) is 0 Å². The second kappa shape index (κ2) is 11.7. The van der Waals surface area contributed by atoms with E-state index in [-0.39, 0.29) is 6.85 Å². The molecule has 0 saturated carbocycles. The van der Waals surface area contributed by atoms with Gasteiger partial charge in [-0.25, -0.2) is 9.97 Å². The van der Waals surface area contributed by atoms with Crippen molar-refractivity contribution in [2.45, 2.75) is 0 Å². The first kappa shape index (κ1) is 30.5. The minimum atomic E-state index is -0.279. The number of para-hydroxylation sites is 1. The van der Waals surface area contributed by atoms with Crippen LogP contribution in [0.5, 0.6) is 0 Å². The molecule has 240 valence electrons. The molecule has 0 atom stereocenters. The summed E-state index contributed by atoms with van der Waals surface area (Å²) in [5.41, 5.74) is 10.00. The third-order valence-corrected chi connectivity index (χ3v) is 11.9. The molecule has 0 unspecified atom stereocenters. The monoisotopic (exact) mass is 685 g/mol. The van der Waals surface area contributed by atoms with Crippen molar-refractivity contribution in [3.8, 4) is 22.4 Å². The smallest absolute Gasteiger partial charge is 0.332 e. The van der Waals surface area contributed by atoms with E-state index in [4.69, 9.17) is 25.7 Å². The molecular weight excluding hydrogens is 659 g/mol. The average Bonchev–Trinajstić information content (AvgIpc) is 3.60. The highest BCUT2D eigenvalue weighted by molar-refractivity contribution is 7.26. The number of anilines is 2. The van der Waals surface area contributed by atoms with Crippen molar-refractivity contribution in [1.82, 2.24) is 9.97 Å². The molecule has 53 heavy (non-hydrogen) atoms. The summed E-state index contributed by atoms with van der Waals surface area (Å²) in [4.78, 5) is 13.4. The van der Waals surface area contributed by atoms with Crippen molar-refractivity contribution in [2.24, 2.45) is 0 Å². The molecule has 3 nitrogen and oxygen atoms in total. The number of hydrogen-bond donors (Lipinski definition) is 0. The van der Waals surface area contributed by atoms with E-state index < -0.39 is 0 Å². The van der Waals surface area contributed by atoms with E-state index in [1.807, 2.05) is 41.7 Å². The highest BCUT2D eigenvalue weighted by atomic mass is 32.1. The first-order chi connectivity index (χ1) is 26.1. The summed E-state index contributed by atoms with van der Waals surface area (Å²) in [6.45, 7) is -0.279. The molecule has 0 fully saturated rings. The SMILES string of the molecule is [B]c1ccc(B2c3c(ccc4ccccc34)-c3c(c4sc5ccccc5c4c4ccccc34)N2c2nc(-c3ccc([B])cc3)c3ccccc3n2)cc1. The molecule has 7 heteroatoms. The first-order valence-electron chi connectivity index (χ1n) is 17.8. The fourth-order valence-electron chi connectivity index (χ4n) is 8.45. The van der Waals surface area contributed by atoms with E-state index in [0.29, 0.717) is 11.4 Å². The molecule has 10 aromatic rings. The molecule has 1 aliphatic heterocycles. The molecule has 1 aliphatic rings. The molecular formula is C46H26B3N3S. The van der Waals surface area contributed by atoms with Gasteiger partial charge < -0.3 is 4.81 Å². The van der Waals surface area contributed by atoms with E-state index >= 15 is 0 Å². The van der Waals surface area contributed by atoms with E-state index in [1.165, 1.54) is 58.3 Å². The van der Waals surface area contributed by atoms with Gasteiger partial charge in [0.15, 0.2) is 0 Å². The molecule has 0 bridgehead atoms. The zero-order valence-electron chi connectivity index (χ0n) is 28.5. The van der Waals surface area contributed by atoms with Gasteiger partial charge in [-0.15, -0.1) is 11.3 Å². The van der Waals surface area contributed by atoms with Gasteiger partial charge in [0, 0.05) is 32.0 Å². The van der Waals surface area contributed by atoms with Crippen molar-refractivity contribution in [1.29, 1.82) is 0 Å². The average molecular weight is 685 g/mol. The Kier molecular flexibility index (Phi) is 6.71. The lowest BCUT2D eigenvalue weighted by Gasteiger charge is -2.39. The van der Waals surface area contributed by atoms with Crippen LogP contribution in [0.15, 0.2) is 158 Å². The molecule has 0 saturated heterocycles. The van der Waals surface area contributed by atoms with Crippen LogP contribution in [0, 0.1) is 0 Å². The van der Waals surface area contributed by atoms with Crippen LogP contribution in [-0.4, -0.2) is 32.5 Å². The third-order valence-electron chi connectivity index (χ3n) is 10.8. The Labute approximate surface area is 313 Å². The van der Waals surface area contributed by atoms with Crippen LogP contribution in [0.3, 0.4) is 0 Å². The lowest BCUT2D eigenvalue weighted by Crippen LogP contribution is -2.58. The van der Waals surface area contributed by atoms with Gasteiger partial charge in [0.1, 0.15) is 15.7 Å². The van der Waals surface area contributed by atoms with Gasteiger partial charge >= 0.3 is 6.85 Å². The molecule has 8 aromatic carbocycles. The molecule has 11 rings (SSSR count). The fourth-order valence-corrected chi connectivity index (χ4v) is 9.72. The minimum Gasteiger partial charge on any atom is -0.344 e. The summed E-state index contributed by atoms with van der Waals surface area (Å²) in [6.07, 6.45) is 0. The summed E-state index contributed by atoms with van der Waals surface area (Å²) in [5.74, 6) is 0.631. The van der Waals surface area contributed by atoms with Crippen molar-refractivity contribution < 1.29 is 0 Å². The van der Waals surface area contributed by atoms with Gasteiger partial charge in [-0.1, -0.05) is 162 Å². The second-order valence-electron chi connectivity index (χ2n) is 13.8. The van der Waals surface area contributed by atoms with E-state index in [2.05, 4.69) is 132 Å². The van der Waals surface area contributed by atoms with E-state index in [0.717, 1.165) is 38.8 Å². The Morgan fingerprint density at radius 1 is 0.547 bits per heavy atom. The Morgan fingerprint density at radius 3 is 1.98 bits per heavy atom. The van der Waals surface area contributed by atoms with Crippen molar-refractivity contribution in [3.05, 3.63) is 158 Å². The fraction of sp³-hybridized carbons (Fsp3) is 0. The normalized spacial score (nSPS) is 12.6. The van der Waals surface area contributed by atoms with Gasteiger partial charge in [-0.2, -0.15) is 0 Å². The number of hydrogen-bond acceptors (Lipinski definition) is 4. The Balaban J connectivity index is 1.36. The summed E-state index contributed by atoms with van der Waals surface area (Å²) in [5, 5.41) is 8.32. The highest BCUT2D eigenvalue weighted by Crippen LogP contribution is 2.53. The van der Waals surface area contributed by atoms with Crippen molar-refractivity contribution in [3.63, 3.8) is 0 Å². The second-order valence-corrected chi connectivity index (χ2v) is 14.8. The molecule has 0 spiro atoms. The maximum absolute atomic E-state index is 6.35. The van der Waals surface area contributed by atoms with Crippen LogP contribution >= 0.6 is 11.3 Å². The number of nitrogens with zero attached hydrogens (tertiary/aromatic N) is 3. The van der Waals surface area contributed by atoms with Crippen LogP contribution in [0.4, 0.5) is 11.6 Å². The maximum atomic E-state index is 6.35. The third kappa shape index (κ3) is 4.57. The van der Waals surface area contributed by atoms with Crippen LogP contribution in [0.2, 0.25) is 0 Å². The van der Waals surface area contributed by atoms with E-state index in [1.54, 1.807) is 0 Å². The number of rotatable bonds is 3. The minimum absolute atomic E-state index is 0.279. The van der Waals surface area contributed by atoms with Crippen molar-refractivity contribution in [2.75, 3.05) is 4.81 Å². The highest BCUT2D eigenvalue weighted by Gasteiger charge is 2.42. The topological polar surface area (TPSA) is 29.0 Å². The van der Waals surface area contributed by atoms with Gasteiger partial charge in [0.25, 0.3) is 0 Å². The molecule has 0 aliphatic carbocycles. The lowest BCUT2D eigenvalue weighted by molar-refractivity contribution is 1.16. The summed E-state index contributed by atoms with van der Waals surface area (Å²) in [6, 6.07) is 55.5. The van der Waals surface area contributed by atoms with Gasteiger partial charge in [0.2, 0.25) is 5.95 Å². The first-order valence-corrected chi connectivity index (χ1v) is 18.6. The molecule has 4 radical (unpaired) electrons. The number of fused-ring (bicyclic) bond motifs is 13. The van der Waals surface area contributed by atoms with Gasteiger partial charge in [0.05, 0.1) is 21.6 Å². The zero-order valence-corrected chi connectivity index (χ0v) is 29.3. The molecule has 3 heterocycles. The quantitative estimate of drug-likeness (QED) is 0.175.